The van der Waals surface area contributed by atoms with E-state index in [1.165, 1.54) is 6.07 Å². The lowest BCUT2D eigenvalue weighted by molar-refractivity contribution is -0.123. The summed E-state index contributed by atoms with van der Waals surface area (Å²) in [6.45, 7) is 6.76. The Morgan fingerprint density at radius 1 is 1.18 bits per heavy atom. The molecule has 5 N–H and O–H groups in total. The SMILES string of the molecule is CC(C)(C)CC1NC(C(=O)NCCCCO)C(c2cccc(Cl)c2)C1(N)c1ccc(Cl)cc1F. The van der Waals surface area contributed by atoms with Crippen molar-refractivity contribution in [3.05, 3.63) is 69.5 Å². The molecule has 2 aromatic rings. The predicted octanol–water partition coefficient (Wildman–Crippen LogP) is 4.74. The third-order valence-corrected chi connectivity index (χ3v) is 6.86. The molecular weight excluding hydrogens is 476 g/mol. The molecule has 3 rings (SSSR count). The molecule has 1 heterocycles. The number of nitrogens with two attached hydrogens (primary N) is 1. The highest BCUT2D eigenvalue weighted by molar-refractivity contribution is 6.30. The summed E-state index contributed by atoms with van der Waals surface area (Å²) in [4.78, 5) is 13.4. The maximum atomic E-state index is 15.4. The number of aliphatic hydroxyl groups excluding tert-OH is 1. The van der Waals surface area contributed by atoms with Gasteiger partial charge >= 0.3 is 0 Å². The van der Waals surface area contributed by atoms with Gasteiger partial charge in [-0.25, -0.2) is 4.39 Å². The number of nitrogens with one attached hydrogen (secondary N) is 2. The van der Waals surface area contributed by atoms with E-state index in [1.807, 2.05) is 12.1 Å². The van der Waals surface area contributed by atoms with Crippen molar-refractivity contribution in [2.24, 2.45) is 11.1 Å². The van der Waals surface area contributed by atoms with Gasteiger partial charge in [0.25, 0.3) is 0 Å². The number of amides is 1. The molecule has 1 saturated heterocycles. The molecule has 2 aromatic carbocycles. The van der Waals surface area contributed by atoms with Gasteiger partial charge in [0.15, 0.2) is 0 Å². The molecule has 4 atom stereocenters. The number of hydrogen-bond donors (Lipinski definition) is 4. The van der Waals surface area contributed by atoms with Crippen molar-refractivity contribution in [2.45, 2.75) is 63.6 Å². The molecule has 1 aliphatic heterocycles. The van der Waals surface area contributed by atoms with Crippen molar-refractivity contribution < 1.29 is 14.3 Å². The molecule has 34 heavy (non-hydrogen) atoms. The molecule has 0 spiro atoms. The number of unbranched alkanes of at least 4 members (excludes halogenated alkanes) is 1. The van der Waals surface area contributed by atoms with E-state index in [1.54, 1.807) is 24.3 Å². The molecule has 0 saturated carbocycles. The third-order valence-electron chi connectivity index (χ3n) is 6.39. The molecular formula is C26H34Cl2FN3O2. The second-order valence-corrected chi connectivity index (χ2v) is 11.1. The fraction of sp³-hybridized carbons (Fsp3) is 0.500. The fourth-order valence-electron chi connectivity index (χ4n) is 4.93. The third kappa shape index (κ3) is 5.92. The van der Waals surface area contributed by atoms with E-state index in [-0.39, 0.29) is 23.0 Å². The van der Waals surface area contributed by atoms with Gasteiger partial charge < -0.3 is 21.5 Å². The summed E-state index contributed by atoms with van der Waals surface area (Å²) in [6, 6.07) is 10.6. The maximum Gasteiger partial charge on any atom is 0.237 e. The summed E-state index contributed by atoms with van der Waals surface area (Å²) in [5, 5.41) is 16.2. The van der Waals surface area contributed by atoms with Crippen molar-refractivity contribution in [3.63, 3.8) is 0 Å². The van der Waals surface area contributed by atoms with Crippen molar-refractivity contribution in [1.82, 2.24) is 10.6 Å². The lowest BCUT2D eigenvalue weighted by Crippen LogP contribution is -2.52. The number of hydrogen-bond acceptors (Lipinski definition) is 4. The summed E-state index contributed by atoms with van der Waals surface area (Å²) >= 11 is 12.4. The van der Waals surface area contributed by atoms with Gasteiger partial charge in [0.1, 0.15) is 5.82 Å². The Morgan fingerprint density at radius 3 is 2.50 bits per heavy atom. The first-order valence-corrected chi connectivity index (χ1v) is 12.4. The normalized spacial score (nSPS) is 24.9. The number of benzene rings is 2. The standard InChI is InChI=1S/C26H34Cl2FN3O2/c1-25(2,3)15-21-26(30,19-10-9-18(28)14-20(19)29)22(16-7-6-8-17(27)13-16)23(32-21)24(34)31-11-4-5-12-33/h6-10,13-14,21-23,32-33H,4-5,11-12,15,30H2,1-3H3,(H,31,34). The minimum atomic E-state index is -1.25. The number of carbonyl (C=O) groups excluding carboxylic acids is 1. The first-order chi connectivity index (χ1) is 16.0. The van der Waals surface area contributed by atoms with Crippen LogP contribution in [0, 0.1) is 11.2 Å². The van der Waals surface area contributed by atoms with Gasteiger partial charge in [-0.2, -0.15) is 0 Å². The summed E-state index contributed by atoms with van der Waals surface area (Å²) in [5.41, 5.74) is 6.88. The van der Waals surface area contributed by atoms with E-state index in [4.69, 9.17) is 34.0 Å². The topological polar surface area (TPSA) is 87.4 Å². The van der Waals surface area contributed by atoms with Gasteiger partial charge in [-0.05, 0) is 54.5 Å². The fourth-order valence-corrected chi connectivity index (χ4v) is 5.29. The van der Waals surface area contributed by atoms with Gasteiger partial charge in [-0.15, -0.1) is 0 Å². The van der Waals surface area contributed by atoms with Gasteiger partial charge in [-0.1, -0.05) is 62.2 Å². The van der Waals surface area contributed by atoms with Crippen LogP contribution < -0.4 is 16.4 Å². The van der Waals surface area contributed by atoms with Crippen LogP contribution in [0.5, 0.6) is 0 Å². The van der Waals surface area contributed by atoms with E-state index in [0.717, 1.165) is 5.56 Å². The largest absolute Gasteiger partial charge is 0.396 e. The monoisotopic (exact) mass is 509 g/mol. The Labute approximate surface area is 211 Å². The van der Waals surface area contributed by atoms with Crippen LogP contribution >= 0.6 is 23.2 Å². The molecule has 0 aliphatic carbocycles. The molecule has 0 aromatic heterocycles. The average Bonchev–Trinajstić information content (AvgIpc) is 3.02. The molecule has 4 unspecified atom stereocenters. The van der Waals surface area contributed by atoms with E-state index >= 15 is 4.39 Å². The number of halogens is 3. The molecule has 5 nitrogen and oxygen atoms in total. The summed E-state index contributed by atoms with van der Waals surface area (Å²) in [6.07, 6.45) is 1.86. The molecule has 8 heteroatoms. The van der Waals surface area contributed by atoms with E-state index in [2.05, 4.69) is 31.4 Å². The van der Waals surface area contributed by atoms with E-state index in [9.17, 15) is 4.79 Å². The van der Waals surface area contributed by atoms with Crippen molar-refractivity contribution in [3.8, 4) is 0 Å². The zero-order valence-corrected chi connectivity index (χ0v) is 21.4. The summed E-state index contributed by atoms with van der Waals surface area (Å²) in [5.74, 6) is -1.32. The van der Waals surface area contributed by atoms with Gasteiger partial charge in [0, 0.05) is 40.7 Å². The van der Waals surface area contributed by atoms with Crippen LogP contribution in [-0.2, 0) is 10.3 Å². The van der Waals surface area contributed by atoms with Crippen LogP contribution in [0.3, 0.4) is 0 Å². The second-order valence-electron chi connectivity index (χ2n) is 10.3. The number of aliphatic hydroxyl groups is 1. The van der Waals surface area contributed by atoms with Crippen LogP contribution in [0.1, 0.15) is 57.1 Å². The zero-order chi connectivity index (χ0) is 25.1. The lowest BCUT2D eigenvalue weighted by Gasteiger charge is -2.39. The highest BCUT2D eigenvalue weighted by Crippen LogP contribution is 2.49. The Balaban J connectivity index is 2.14. The summed E-state index contributed by atoms with van der Waals surface area (Å²) < 4.78 is 15.4. The molecule has 186 valence electrons. The molecule has 1 aliphatic rings. The quantitative estimate of drug-likeness (QED) is 0.387. The first-order valence-electron chi connectivity index (χ1n) is 11.6. The van der Waals surface area contributed by atoms with E-state index < -0.39 is 29.4 Å². The predicted molar refractivity (Wildman–Crippen MR) is 136 cm³/mol. The van der Waals surface area contributed by atoms with Crippen molar-refractivity contribution in [1.29, 1.82) is 0 Å². The zero-order valence-electron chi connectivity index (χ0n) is 19.9. The van der Waals surface area contributed by atoms with Crippen LogP contribution in [0.2, 0.25) is 10.0 Å². The van der Waals surface area contributed by atoms with Crippen LogP contribution in [-0.4, -0.2) is 36.2 Å². The molecule has 1 amide bonds. The van der Waals surface area contributed by atoms with Gasteiger partial charge in [0.2, 0.25) is 5.91 Å². The van der Waals surface area contributed by atoms with Crippen LogP contribution in [0.25, 0.3) is 0 Å². The van der Waals surface area contributed by atoms with Crippen LogP contribution in [0.4, 0.5) is 4.39 Å². The Hall–Kier alpha value is -1.70. The van der Waals surface area contributed by atoms with E-state index in [0.29, 0.717) is 36.4 Å². The summed E-state index contributed by atoms with van der Waals surface area (Å²) in [7, 11) is 0. The van der Waals surface area contributed by atoms with Gasteiger partial charge in [0.05, 0.1) is 11.6 Å². The van der Waals surface area contributed by atoms with Crippen LogP contribution in [0.15, 0.2) is 42.5 Å². The second kappa shape index (κ2) is 10.9. The first kappa shape index (κ1) is 26.9. The number of carbonyl (C=O) groups is 1. The smallest absolute Gasteiger partial charge is 0.237 e. The maximum absolute atomic E-state index is 15.4. The van der Waals surface area contributed by atoms with Crippen molar-refractivity contribution >= 4 is 29.1 Å². The van der Waals surface area contributed by atoms with Gasteiger partial charge in [-0.3, -0.25) is 4.79 Å². The number of rotatable bonds is 8. The Morgan fingerprint density at radius 2 is 1.88 bits per heavy atom. The highest BCUT2D eigenvalue weighted by Gasteiger charge is 2.57. The molecule has 0 bridgehead atoms. The minimum Gasteiger partial charge on any atom is -0.396 e. The molecule has 1 fully saturated rings. The Bertz CT molecular complexity index is 1010. The minimum absolute atomic E-state index is 0.0676. The highest BCUT2D eigenvalue weighted by atomic mass is 35.5. The average molecular weight is 510 g/mol. The lowest BCUT2D eigenvalue weighted by atomic mass is 9.68. The Kier molecular flexibility index (Phi) is 8.64. The van der Waals surface area contributed by atoms with Crippen molar-refractivity contribution in [2.75, 3.05) is 13.2 Å². The molecule has 0 radical (unpaired) electrons.